The highest BCUT2D eigenvalue weighted by Crippen LogP contribution is 2.39. The SMILES string of the molecule is COc1ccc(CCC(=O)C2CC3CCC2O3)cc1. The maximum absolute atomic E-state index is 12.2. The van der Waals surface area contributed by atoms with Gasteiger partial charge in [0.2, 0.25) is 0 Å². The first-order chi connectivity index (χ1) is 9.26. The molecule has 1 aromatic rings. The van der Waals surface area contributed by atoms with Crippen LogP contribution in [0.15, 0.2) is 24.3 Å². The van der Waals surface area contributed by atoms with E-state index in [1.807, 2.05) is 24.3 Å². The molecule has 2 bridgehead atoms. The molecule has 0 aromatic heterocycles. The molecule has 0 aliphatic carbocycles. The Labute approximate surface area is 113 Å². The van der Waals surface area contributed by atoms with Gasteiger partial charge in [-0.3, -0.25) is 4.79 Å². The van der Waals surface area contributed by atoms with Crippen LogP contribution in [0, 0.1) is 5.92 Å². The Bertz CT molecular complexity index is 452. The highest BCUT2D eigenvalue weighted by Gasteiger charge is 2.43. The lowest BCUT2D eigenvalue weighted by molar-refractivity contribution is -0.124. The van der Waals surface area contributed by atoms with Gasteiger partial charge in [-0.2, -0.15) is 0 Å². The summed E-state index contributed by atoms with van der Waals surface area (Å²) in [4.78, 5) is 12.2. The molecule has 2 fully saturated rings. The van der Waals surface area contributed by atoms with Gasteiger partial charge < -0.3 is 9.47 Å². The first kappa shape index (κ1) is 12.7. The summed E-state index contributed by atoms with van der Waals surface area (Å²) < 4.78 is 10.9. The van der Waals surface area contributed by atoms with Crippen LogP contribution in [0.5, 0.6) is 5.75 Å². The predicted molar refractivity (Wildman–Crippen MR) is 72.3 cm³/mol. The Morgan fingerprint density at radius 1 is 1.32 bits per heavy atom. The molecule has 3 nitrogen and oxygen atoms in total. The molecule has 0 radical (unpaired) electrons. The Balaban J connectivity index is 1.52. The normalized spacial score (nSPS) is 28.6. The van der Waals surface area contributed by atoms with Gasteiger partial charge in [0.1, 0.15) is 11.5 Å². The average Bonchev–Trinajstić information content (AvgIpc) is 3.08. The van der Waals surface area contributed by atoms with Crippen molar-refractivity contribution in [3.63, 3.8) is 0 Å². The molecule has 3 atom stereocenters. The molecule has 2 aliphatic rings. The number of rotatable bonds is 5. The molecule has 0 spiro atoms. The molecule has 3 unspecified atom stereocenters. The smallest absolute Gasteiger partial charge is 0.138 e. The van der Waals surface area contributed by atoms with E-state index in [0.29, 0.717) is 18.3 Å². The second-order valence-corrected chi connectivity index (χ2v) is 5.53. The van der Waals surface area contributed by atoms with E-state index < -0.39 is 0 Å². The highest BCUT2D eigenvalue weighted by molar-refractivity contribution is 5.82. The van der Waals surface area contributed by atoms with Crippen molar-refractivity contribution in [2.45, 2.75) is 44.3 Å². The topological polar surface area (TPSA) is 35.5 Å². The van der Waals surface area contributed by atoms with E-state index in [-0.39, 0.29) is 12.0 Å². The summed E-state index contributed by atoms with van der Waals surface area (Å²) in [5, 5.41) is 0. The van der Waals surface area contributed by atoms with Crippen molar-refractivity contribution in [2.75, 3.05) is 7.11 Å². The number of ketones is 1. The number of carbonyl (C=O) groups is 1. The van der Waals surface area contributed by atoms with Crippen molar-refractivity contribution in [1.82, 2.24) is 0 Å². The fourth-order valence-corrected chi connectivity index (χ4v) is 3.22. The van der Waals surface area contributed by atoms with Crippen LogP contribution in [0.25, 0.3) is 0 Å². The summed E-state index contributed by atoms with van der Waals surface area (Å²) in [5.74, 6) is 1.40. The van der Waals surface area contributed by atoms with E-state index in [2.05, 4.69) is 0 Å². The van der Waals surface area contributed by atoms with Gasteiger partial charge in [0, 0.05) is 12.3 Å². The van der Waals surface area contributed by atoms with E-state index >= 15 is 0 Å². The van der Waals surface area contributed by atoms with Crippen molar-refractivity contribution in [3.8, 4) is 5.75 Å². The van der Waals surface area contributed by atoms with Crippen LogP contribution < -0.4 is 4.74 Å². The molecule has 1 aromatic carbocycles. The van der Waals surface area contributed by atoms with Gasteiger partial charge in [-0.15, -0.1) is 0 Å². The Morgan fingerprint density at radius 2 is 2.11 bits per heavy atom. The molecular formula is C16H20O3. The molecule has 2 aliphatic heterocycles. The molecule has 0 N–H and O–H groups in total. The number of hydrogen-bond donors (Lipinski definition) is 0. The lowest BCUT2D eigenvalue weighted by Crippen LogP contribution is -2.25. The Hall–Kier alpha value is -1.35. The first-order valence-corrected chi connectivity index (χ1v) is 7.07. The number of methoxy groups -OCH3 is 1. The van der Waals surface area contributed by atoms with Gasteiger partial charge >= 0.3 is 0 Å². The van der Waals surface area contributed by atoms with E-state index in [1.165, 1.54) is 5.56 Å². The third kappa shape index (κ3) is 2.66. The zero-order chi connectivity index (χ0) is 13.2. The number of Topliss-reactive ketones (excluding diaryl/α,β-unsaturated/α-hetero) is 1. The minimum atomic E-state index is 0.164. The van der Waals surface area contributed by atoms with Crippen molar-refractivity contribution >= 4 is 5.78 Å². The molecule has 102 valence electrons. The standard InChI is InChI=1S/C16H20O3/c1-18-12-5-2-11(3-6-12)4-8-15(17)14-10-13-7-9-16(14)19-13/h2-3,5-6,13-14,16H,4,7-10H2,1H3. The number of aryl methyl sites for hydroxylation is 1. The number of hydrogen-bond acceptors (Lipinski definition) is 3. The predicted octanol–water partition coefficient (Wildman–Crippen LogP) is 2.76. The number of carbonyl (C=O) groups excluding carboxylic acids is 1. The van der Waals surface area contributed by atoms with Crippen LogP contribution >= 0.6 is 0 Å². The summed E-state index contributed by atoms with van der Waals surface area (Å²) in [6.07, 6.45) is 5.19. The summed E-state index contributed by atoms with van der Waals surface area (Å²) in [5.41, 5.74) is 1.19. The molecule has 19 heavy (non-hydrogen) atoms. The summed E-state index contributed by atoms with van der Waals surface area (Å²) in [7, 11) is 1.66. The summed E-state index contributed by atoms with van der Waals surface area (Å²) >= 11 is 0. The van der Waals surface area contributed by atoms with Crippen LogP contribution in [0.1, 0.15) is 31.2 Å². The van der Waals surface area contributed by atoms with Gasteiger partial charge in [0.15, 0.2) is 0 Å². The van der Waals surface area contributed by atoms with E-state index in [4.69, 9.17) is 9.47 Å². The van der Waals surface area contributed by atoms with Gasteiger partial charge in [-0.05, 0) is 43.4 Å². The molecule has 3 heteroatoms. The third-order valence-corrected chi connectivity index (χ3v) is 4.34. The zero-order valence-electron chi connectivity index (χ0n) is 11.3. The third-order valence-electron chi connectivity index (χ3n) is 4.34. The zero-order valence-corrected chi connectivity index (χ0v) is 11.3. The van der Waals surface area contributed by atoms with Crippen LogP contribution in [-0.2, 0) is 16.0 Å². The van der Waals surface area contributed by atoms with Gasteiger partial charge in [0.05, 0.1) is 19.3 Å². The van der Waals surface area contributed by atoms with Crippen LogP contribution in [0.3, 0.4) is 0 Å². The maximum Gasteiger partial charge on any atom is 0.138 e. The summed E-state index contributed by atoms with van der Waals surface area (Å²) in [6.45, 7) is 0. The lowest BCUT2D eigenvalue weighted by atomic mass is 9.84. The quantitative estimate of drug-likeness (QED) is 0.816. The molecule has 2 saturated heterocycles. The van der Waals surface area contributed by atoms with Crippen molar-refractivity contribution in [2.24, 2.45) is 5.92 Å². The molecule has 0 amide bonds. The van der Waals surface area contributed by atoms with Crippen LogP contribution in [0.4, 0.5) is 0 Å². The minimum Gasteiger partial charge on any atom is -0.497 e. The monoisotopic (exact) mass is 260 g/mol. The number of ether oxygens (including phenoxy) is 2. The minimum absolute atomic E-state index is 0.164. The van der Waals surface area contributed by atoms with Gasteiger partial charge in [0.25, 0.3) is 0 Å². The van der Waals surface area contributed by atoms with Crippen molar-refractivity contribution in [3.05, 3.63) is 29.8 Å². The Morgan fingerprint density at radius 3 is 2.68 bits per heavy atom. The van der Waals surface area contributed by atoms with Gasteiger partial charge in [-0.25, -0.2) is 0 Å². The largest absolute Gasteiger partial charge is 0.497 e. The average molecular weight is 260 g/mol. The number of benzene rings is 1. The maximum atomic E-state index is 12.2. The lowest BCUT2D eigenvalue weighted by Gasteiger charge is -2.17. The second-order valence-electron chi connectivity index (χ2n) is 5.53. The van der Waals surface area contributed by atoms with Crippen LogP contribution in [-0.4, -0.2) is 25.1 Å². The fraction of sp³-hybridized carbons (Fsp3) is 0.562. The highest BCUT2D eigenvalue weighted by atomic mass is 16.5. The van der Waals surface area contributed by atoms with Gasteiger partial charge in [-0.1, -0.05) is 12.1 Å². The second kappa shape index (κ2) is 5.33. The molecular weight excluding hydrogens is 240 g/mol. The van der Waals surface area contributed by atoms with E-state index in [9.17, 15) is 4.79 Å². The molecule has 3 rings (SSSR count). The molecule has 2 heterocycles. The van der Waals surface area contributed by atoms with E-state index in [0.717, 1.165) is 31.4 Å². The van der Waals surface area contributed by atoms with Crippen molar-refractivity contribution in [1.29, 1.82) is 0 Å². The van der Waals surface area contributed by atoms with E-state index in [1.54, 1.807) is 7.11 Å². The van der Waals surface area contributed by atoms with Crippen LogP contribution in [0.2, 0.25) is 0 Å². The summed E-state index contributed by atoms with van der Waals surface area (Å²) in [6, 6.07) is 7.95. The Kier molecular flexibility index (Phi) is 3.56. The number of fused-ring (bicyclic) bond motifs is 2. The van der Waals surface area contributed by atoms with Crippen molar-refractivity contribution < 1.29 is 14.3 Å². The first-order valence-electron chi connectivity index (χ1n) is 7.07. The fourth-order valence-electron chi connectivity index (χ4n) is 3.22. The molecule has 0 saturated carbocycles.